The average Bonchev–Trinajstić information content (AvgIpc) is 2.16. The predicted octanol–water partition coefficient (Wildman–Crippen LogP) is 2.25. The summed E-state index contributed by atoms with van der Waals surface area (Å²) in [5, 5.41) is 19.0. The zero-order valence-corrected chi connectivity index (χ0v) is 8.92. The maximum Gasteiger partial charge on any atom is 0.303 e. The van der Waals surface area contributed by atoms with Crippen LogP contribution in [0.1, 0.15) is 18.9 Å². The summed E-state index contributed by atoms with van der Waals surface area (Å²) in [6.07, 6.45) is 0.723. The van der Waals surface area contributed by atoms with Crippen LogP contribution in [0.5, 0.6) is 0 Å². The maximum atomic E-state index is 10.5. The first-order valence-electron chi connectivity index (χ1n) is 4.94. The molecule has 5 heteroatoms. The van der Waals surface area contributed by atoms with Gasteiger partial charge >= 0.3 is 5.97 Å². The predicted molar refractivity (Wildman–Crippen MR) is 58.2 cm³/mol. The molecule has 1 atom stereocenters. The highest BCUT2D eigenvalue weighted by atomic mass is 16.6. The molecule has 1 rings (SSSR count). The van der Waals surface area contributed by atoms with Gasteiger partial charge in [-0.2, -0.15) is 0 Å². The monoisotopic (exact) mass is 223 g/mol. The lowest BCUT2D eigenvalue weighted by molar-refractivity contribution is -0.384. The van der Waals surface area contributed by atoms with Gasteiger partial charge in [0, 0.05) is 18.6 Å². The number of benzene rings is 1. The number of nitrogens with zero attached hydrogens (tertiary/aromatic N) is 1. The van der Waals surface area contributed by atoms with Gasteiger partial charge in [-0.3, -0.25) is 14.9 Å². The first kappa shape index (κ1) is 12.2. The standard InChI is InChI=1S/C11H13NO4/c1-8(7-11(13)14)6-9-2-4-10(5-3-9)12(15)16/h2-5,8H,6-7H2,1H3,(H,13,14). The molecular formula is C11H13NO4. The molecule has 1 aromatic rings. The van der Waals surface area contributed by atoms with Crippen LogP contribution >= 0.6 is 0 Å². The normalized spacial score (nSPS) is 12.1. The van der Waals surface area contributed by atoms with E-state index in [0.29, 0.717) is 6.42 Å². The number of carbonyl (C=O) groups is 1. The van der Waals surface area contributed by atoms with Crippen molar-refractivity contribution in [2.24, 2.45) is 5.92 Å². The lowest BCUT2D eigenvalue weighted by Gasteiger charge is -2.07. The Balaban J connectivity index is 2.61. The molecule has 0 spiro atoms. The fraction of sp³-hybridized carbons (Fsp3) is 0.364. The van der Waals surface area contributed by atoms with Crippen molar-refractivity contribution in [1.82, 2.24) is 0 Å². The molecule has 5 nitrogen and oxygen atoms in total. The molecule has 1 aromatic carbocycles. The number of rotatable bonds is 5. The molecule has 86 valence electrons. The van der Waals surface area contributed by atoms with Gasteiger partial charge < -0.3 is 5.11 Å². The number of hydrogen-bond donors (Lipinski definition) is 1. The van der Waals surface area contributed by atoms with Crippen LogP contribution in [0.25, 0.3) is 0 Å². The zero-order chi connectivity index (χ0) is 12.1. The van der Waals surface area contributed by atoms with Gasteiger partial charge in [0.1, 0.15) is 0 Å². The minimum absolute atomic E-state index is 0.0268. The van der Waals surface area contributed by atoms with Gasteiger partial charge in [-0.1, -0.05) is 19.1 Å². The molecule has 0 radical (unpaired) electrons. The average molecular weight is 223 g/mol. The van der Waals surface area contributed by atoms with Crippen LogP contribution < -0.4 is 0 Å². The largest absolute Gasteiger partial charge is 0.481 e. The number of hydrogen-bond acceptors (Lipinski definition) is 3. The Morgan fingerprint density at radius 2 is 2.00 bits per heavy atom. The number of aliphatic carboxylic acids is 1. The highest BCUT2D eigenvalue weighted by Crippen LogP contribution is 2.16. The smallest absolute Gasteiger partial charge is 0.303 e. The van der Waals surface area contributed by atoms with Crippen molar-refractivity contribution in [3.05, 3.63) is 39.9 Å². The molecule has 0 aliphatic carbocycles. The Morgan fingerprint density at radius 1 is 1.44 bits per heavy atom. The van der Waals surface area contributed by atoms with Crippen molar-refractivity contribution < 1.29 is 14.8 Å². The van der Waals surface area contributed by atoms with Crippen molar-refractivity contribution in [2.45, 2.75) is 19.8 Å². The minimum Gasteiger partial charge on any atom is -0.481 e. The van der Waals surface area contributed by atoms with Crippen molar-refractivity contribution >= 4 is 11.7 Å². The Morgan fingerprint density at radius 3 is 2.44 bits per heavy atom. The van der Waals surface area contributed by atoms with E-state index in [-0.39, 0.29) is 18.0 Å². The van der Waals surface area contributed by atoms with E-state index in [0.717, 1.165) is 5.56 Å². The molecule has 0 aliphatic heterocycles. The SMILES string of the molecule is CC(CC(=O)O)Cc1ccc([N+](=O)[O-])cc1. The van der Waals surface area contributed by atoms with Crippen LogP contribution in [0.2, 0.25) is 0 Å². The molecular weight excluding hydrogens is 210 g/mol. The van der Waals surface area contributed by atoms with Crippen LogP contribution in [0.3, 0.4) is 0 Å². The molecule has 0 heterocycles. The molecule has 0 fully saturated rings. The summed E-state index contributed by atoms with van der Waals surface area (Å²) in [6, 6.07) is 6.19. The summed E-state index contributed by atoms with van der Waals surface area (Å²) in [6.45, 7) is 1.84. The van der Waals surface area contributed by atoms with E-state index in [9.17, 15) is 14.9 Å². The topological polar surface area (TPSA) is 80.4 Å². The second-order valence-electron chi connectivity index (χ2n) is 3.83. The first-order chi connectivity index (χ1) is 7.49. The first-order valence-corrected chi connectivity index (χ1v) is 4.94. The third kappa shape index (κ3) is 3.68. The van der Waals surface area contributed by atoms with Crippen molar-refractivity contribution in [3.8, 4) is 0 Å². The van der Waals surface area contributed by atoms with E-state index in [4.69, 9.17) is 5.11 Å². The fourth-order valence-corrected chi connectivity index (χ4v) is 1.53. The van der Waals surface area contributed by atoms with Crippen LogP contribution in [-0.2, 0) is 11.2 Å². The molecule has 0 bridgehead atoms. The number of non-ortho nitro benzene ring substituents is 1. The molecule has 0 amide bonds. The van der Waals surface area contributed by atoms with Crippen LogP contribution in [0.15, 0.2) is 24.3 Å². The quantitative estimate of drug-likeness (QED) is 0.613. The molecule has 0 saturated heterocycles. The highest BCUT2D eigenvalue weighted by Gasteiger charge is 2.10. The van der Waals surface area contributed by atoms with Crippen molar-refractivity contribution in [3.63, 3.8) is 0 Å². The van der Waals surface area contributed by atoms with Crippen LogP contribution in [-0.4, -0.2) is 16.0 Å². The second kappa shape index (κ2) is 5.25. The Kier molecular flexibility index (Phi) is 3.99. The van der Waals surface area contributed by atoms with Gasteiger partial charge in [-0.15, -0.1) is 0 Å². The molecule has 0 saturated carbocycles. The minimum atomic E-state index is -0.825. The Bertz CT molecular complexity index is 385. The lowest BCUT2D eigenvalue weighted by atomic mass is 9.98. The highest BCUT2D eigenvalue weighted by molar-refractivity contribution is 5.67. The van der Waals surface area contributed by atoms with Gasteiger partial charge in [0.25, 0.3) is 5.69 Å². The van der Waals surface area contributed by atoms with Gasteiger partial charge in [0.05, 0.1) is 4.92 Å². The summed E-state index contributed by atoms with van der Waals surface area (Å²) < 4.78 is 0. The Labute approximate surface area is 92.9 Å². The van der Waals surface area contributed by atoms with E-state index in [1.807, 2.05) is 6.92 Å². The van der Waals surface area contributed by atoms with Gasteiger partial charge in [0.15, 0.2) is 0 Å². The summed E-state index contributed by atoms with van der Waals surface area (Å²) in [5.74, 6) is -0.798. The molecule has 1 N–H and O–H groups in total. The van der Waals surface area contributed by atoms with E-state index in [1.54, 1.807) is 12.1 Å². The van der Waals surface area contributed by atoms with E-state index < -0.39 is 10.9 Å². The molecule has 0 aromatic heterocycles. The van der Waals surface area contributed by atoms with Crippen LogP contribution in [0, 0.1) is 16.0 Å². The third-order valence-electron chi connectivity index (χ3n) is 2.25. The molecule has 16 heavy (non-hydrogen) atoms. The number of carboxylic acids is 1. The lowest BCUT2D eigenvalue weighted by Crippen LogP contribution is -2.06. The van der Waals surface area contributed by atoms with Crippen molar-refractivity contribution in [2.75, 3.05) is 0 Å². The van der Waals surface area contributed by atoms with Crippen LogP contribution in [0.4, 0.5) is 5.69 Å². The van der Waals surface area contributed by atoms with Crippen molar-refractivity contribution in [1.29, 1.82) is 0 Å². The third-order valence-corrected chi connectivity index (χ3v) is 2.25. The van der Waals surface area contributed by atoms with E-state index in [1.165, 1.54) is 12.1 Å². The molecule has 1 unspecified atom stereocenters. The number of nitro benzene ring substituents is 1. The summed E-state index contributed by atoms with van der Waals surface area (Å²) in [7, 11) is 0. The fourth-order valence-electron chi connectivity index (χ4n) is 1.53. The van der Waals surface area contributed by atoms with Gasteiger partial charge in [-0.05, 0) is 17.9 Å². The summed E-state index contributed by atoms with van der Waals surface area (Å²) in [4.78, 5) is 20.4. The zero-order valence-electron chi connectivity index (χ0n) is 8.92. The van der Waals surface area contributed by atoms with Gasteiger partial charge in [0.2, 0.25) is 0 Å². The molecule has 0 aliphatic rings. The summed E-state index contributed by atoms with van der Waals surface area (Å²) in [5.41, 5.74) is 0.967. The van der Waals surface area contributed by atoms with Gasteiger partial charge in [-0.25, -0.2) is 0 Å². The van der Waals surface area contributed by atoms with E-state index in [2.05, 4.69) is 0 Å². The number of carboxylic acid groups (broad SMARTS) is 1. The number of nitro groups is 1. The maximum absolute atomic E-state index is 10.5. The van der Waals surface area contributed by atoms with E-state index >= 15 is 0 Å². The second-order valence-corrected chi connectivity index (χ2v) is 3.83. The summed E-state index contributed by atoms with van der Waals surface area (Å²) >= 11 is 0. The Hall–Kier alpha value is -1.91.